The molecule has 0 radical (unpaired) electrons. The normalized spacial score (nSPS) is 11.2. The van der Waals surface area contributed by atoms with E-state index in [1.807, 2.05) is 30.4 Å². The second kappa shape index (κ2) is 4.46. The largest absolute Gasteiger partial charge is 0.297 e. The molecular formula is C15H12BrFN2. The van der Waals surface area contributed by atoms with Gasteiger partial charge in [0.1, 0.15) is 11.5 Å². The molecule has 2 heterocycles. The van der Waals surface area contributed by atoms with E-state index in [0.29, 0.717) is 5.56 Å². The van der Waals surface area contributed by atoms with Gasteiger partial charge in [-0.1, -0.05) is 15.9 Å². The maximum Gasteiger partial charge on any atom is 0.137 e. The summed E-state index contributed by atoms with van der Waals surface area (Å²) in [5, 5.41) is 0. The highest BCUT2D eigenvalue weighted by atomic mass is 79.9. The van der Waals surface area contributed by atoms with Crippen LogP contribution in [0.3, 0.4) is 0 Å². The number of fused-ring (bicyclic) bond motifs is 1. The molecule has 1 aromatic carbocycles. The van der Waals surface area contributed by atoms with Crippen molar-refractivity contribution in [1.82, 2.24) is 9.38 Å². The van der Waals surface area contributed by atoms with Gasteiger partial charge in [-0.05, 0) is 49.7 Å². The molecule has 2 nitrogen and oxygen atoms in total. The zero-order valence-electron chi connectivity index (χ0n) is 10.6. The summed E-state index contributed by atoms with van der Waals surface area (Å²) in [5.41, 5.74) is 4.37. The summed E-state index contributed by atoms with van der Waals surface area (Å²) in [7, 11) is 0. The monoisotopic (exact) mass is 318 g/mol. The summed E-state index contributed by atoms with van der Waals surface area (Å²) in [6.45, 7) is 4.03. The average molecular weight is 319 g/mol. The van der Waals surface area contributed by atoms with Crippen molar-refractivity contribution in [2.75, 3.05) is 0 Å². The van der Waals surface area contributed by atoms with Gasteiger partial charge in [0.2, 0.25) is 0 Å². The minimum absolute atomic E-state index is 0.254. The van der Waals surface area contributed by atoms with Crippen molar-refractivity contribution in [2.45, 2.75) is 13.8 Å². The van der Waals surface area contributed by atoms with Crippen LogP contribution in [-0.2, 0) is 0 Å². The number of hydrogen-bond acceptors (Lipinski definition) is 1. The SMILES string of the molecule is Cc1cc(C)n2c(-c3ccc(Br)cc3F)cnc2c1. The lowest BCUT2D eigenvalue weighted by Crippen LogP contribution is -1.96. The molecule has 2 aromatic heterocycles. The number of hydrogen-bond donors (Lipinski definition) is 0. The number of aryl methyl sites for hydroxylation is 2. The zero-order valence-corrected chi connectivity index (χ0v) is 12.2. The van der Waals surface area contributed by atoms with E-state index in [2.05, 4.69) is 27.0 Å². The van der Waals surface area contributed by atoms with Gasteiger partial charge < -0.3 is 0 Å². The summed E-state index contributed by atoms with van der Waals surface area (Å²) < 4.78 is 16.8. The van der Waals surface area contributed by atoms with Crippen molar-refractivity contribution in [3.8, 4) is 11.3 Å². The first kappa shape index (κ1) is 12.4. The Kier molecular flexibility index (Phi) is 2.90. The number of pyridine rings is 1. The summed E-state index contributed by atoms with van der Waals surface area (Å²) in [4.78, 5) is 4.36. The van der Waals surface area contributed by atoms with Gasteiger partial charge in [0.15, 0.2) is 0 Å². The van der Waals surface area contributed by atoms with E-state index in [1.165, 1.54) is 6.07 Å². The van der Waals surface area contributed by atoms with Gasteiger partial charge in [-0.25, -0.2) is 9.37 Å². The molecular weight excluding hydrogens is 307 g/mol. The second-order valence-electron chi connectivity index (χ2n) is 4.64. The number of nitrogens with zero attached hydrogens (tertiary/aromatic N) is 2. The Bertz CT molecular complexity index is 777. The van der Waals surface area contributed by atoms with Crippen LogP contribution in [0, 0.1) is 19.7 Å². The number of halogens is 2. The van der Waals surface area contributed by atoms with E-state index < -0.39 is 0 Å². The Morgan fingerprint density at radius 3 is 2.68 bits per heavy atom. The highest BCUT2D eigenvalue weighted by molar-refractivity contribution is 9.10. The molecule has 0 N–H and O–H groups in total. The van der Waals surface area contributed by atoms with Crippen LogP contribution in [0.5, 0.6) is 0 Å². The number of rotatable bonds is 1. The minimum atomic E-state index is -0.254. The molecule has 4 heteroatoms. The molecule has 0 amide bonds. The fourth-order valence-corrected chi connectivity index (χ4v) is 2.70. The fraction of sp³-hybridized carbons (Fsp3) is 0.133. The van der Waals surface area contributed by atoms with Gasteiger partial charge in [-0.2, -0.15) is 0 Å². The fourth-order valence-electron chi connectivity index (χ4n) is 2.37. The number of benzene rings is 1. The van der Waals surface area contributed by atoms with Crippen LogP contribution in [0.1, 0.15) is 11.3 Å². The second-order valence-corrected chi connectivity index (χ2v) is 5.55. The third-order valence-electron chi connectivity index (χ3n) is 3.14. The quantitative estimate of drug-likeness (QED) is 0.644. The summed E-state index contributed by atoms with van der Waals surface area (Å²) in [5.74, 6) is -0.254. The van der Waals surface area contributed by atoms with Crippen molar-refractivity contribution in [1.29, 1.82) is 0 Å². The first-order valence-electron chi connectivity index (χ1n) is 5.96. The van der Waals surface area contributed by atoms with Crippen molar-refractivity contribution in [3.63, 3.8) is 0 Å². The van der Waals surface area contributed by atoms with Crippen LogP contribution >= 0.6 is 15.9 Å². The first-order valence-corrected chi connectivity index (χ1v) is 6.75. The molecule has 0 fully saturated rings. The third kappa shape index (κ3) is 2.06. The molecule has 0 aliphatic rings. The van der Waals surface area contributed by atoms with E-state index in [1.54, 1.807) is 12.3 Å². The Hall–Kier alpha value is -1.68. The molecule has 0 aliphatic carbocycles. The van der Waals surface area contributed by atoms with Crippen molar-refractivity contribution in [2.24, 2.45) is 0 Å². The lowest BCUT2D eigenvalue weighted by Gasteiger charge is -2.08. The van der Waals surface area contributed by atoms with Crippen LogP contribution in [0.4, 0.5) is 4.39 Å². The minimum Gasteiger partial charge on any atom is -0.297 e. The van der Waals surface area contributed by atoms with E-state index in [9.17, 15) is 4.39 Å². The molecule has 0 unspecified atom stereocenters. The van der Waals surface area contributed by atoms with Crippen LogP contribution < -0.4 is 0 Å². The van der Waals surface area contributed by atoms with Crippen LogP contribution in [0.15, 0.2) is 41.0 Å². The predicted molar refractivity (Wildman–Crippen MR) is 77.8 cm³/mol. The molecule has 3 rings (SSSR count). The number of aromatic nitrogens is 2. The van der Waals surface area contributed by atoms with E-state index in [0.717, 1.165) is 27.1 Å². The molecule has 96 valence electrons. The smallest absolute Gasteiger partial charge is 0.137 e. The Morgan fingerprint density at radius 2 is 1.95 bits per heavy atom. The maximum atomic E-state index is 14.1. The molecule has 3 aromatic rings. The molecule has 19 heavy (non-hydrogen) atoms. The van der Waals surface area contributed by atoms with Crippen LogP contribution in [-0.4, -0.2) is 9.38 Å². The van der Waals surface area contributed by atoms with E-state index in [4.69, 9.17) is 0 Å². The van der Waals surface area contributed by atoms with Gasteiger partial charge in [0, 0.05) is 15.7 Å². The molecule has 0 bridgehead atoms. The molecule has 0 atom stereocenters. The molecule has 0 aliphatic heterocycles. The van der Waals surface area contributed by atoms with E-state index in [-0.39, 0.29) is 5.82 Å². The zero-order chi connectivity index (χ0) is 13.6. The Labute approximate surface area is 119 Å². The van der Waals surface area contributed by atoms with Gasteiger partial charge >= 0.3 is 0 Å². The Balaban J connectivity index is 2.31. The standard InChI is InChI=1S/C15H12BrFN2/c1-9-5-10(2)19-14(8-18-15(19)6-9)12-4-3-11(16)7-13(12)17/h3-8H,1-2H3. The van der Waals surface area contributed by atoms with Gasteiger partial charge in [0.25, 0.3) is 0 Å². The highest BCUT2D eigenvalue weighted by Crippen LogP contribution is 2.27. The predicted octanol–water partition coefficient (Wildman–Crippen LogP) is 4.52. The molecule has 0 spiro atoms. The van der Waals surface area contributed by atoms with Crippen molar-refractivity contribution in [3.05, 3.63) is 58.1 Å². The van der Waals surface area contributed by atoms with Gasteiger partial charge in [-0.15, -0.1) is 0 Å². The topological polar surface area (TPSA) is 17.3 Å². The number of imidazole rings is 1. The van der Waals surface area contributed by atoms with Gasteiger partial charge in [-0.3, -0.25) is 4.40 Å². The lowest BCUT2D eigenvalue weighted by atomic mass is 10.1. The van der Waals surface area contributed by atoms with Crippen LogP contribution in [0.2, 0.25) is 0 Å². The lowest BCUT2D eigenvalue weighted by molar-refractivity contribution is 0.629. The molecule has 0 saturated carbocycles. The van der Waals surface area contributed by atoms with Gasteiger partial charge in [0.05, 0.1) is 11.9 Å². The first-order chi connectivity index (χ1) is 9.06. The molecule has 0 saturated heterocycles. The Morgan fingerprint density at radius 1 is 1.16 bits per heavy atom. The summed E-state index contributed by atoms with van der Waals surface area (Å²) in [6, 6.07) is 9.13. The van der Waals surface area contributed by atoms with Crippen molar-refractivity contribution < 1.29 is 4.39 Å². The summed E-state index contributed by atoms with van der Waals surface area (Å²) >= 11 is 3.27. The maximum absolute atomic E-state index is 14.1. The van der Waals surface area contributed by atoms with Crippen LogP contribution in [0.25, 0.3) is 16.9 Å². The van der Waals surface area contributed by atoms with Crippen molar-refractivity contribution >= 4 is 21.6 Å². The van der Waals surface area contributed by atoms with E-state index >= 15 is 0 Å². The highest BCUT2D eigenvalue weighted by Gasteiger charge is 2.12. The third-order valence-corrected chi connectivity index (χ3v) is 3.64. The summed E-state index contributed by atoms with van der Waals surface area (Å²) in [6.07, 6.45) is 1.72. The average Bonchev–Trinajstić information content (AvgIpc) is 2.72.